The third-order valence-electron chi connectivity index (χ3n) is 2.51. The van der Waals surface area contributed by atoms with Gasteiger partial charge in [-0.15, -0.1) is 0 Å². The number of thioether (sulfide) groups is 1. The van der Waals surface area contributed by atoms with Gasteiger partial charge in [0.15, 0.2) is 0 Å². The molecule has 1 saturated carbocycles. The molecule has 13 heavy (non-hydrogen) atoms. The van der Waals surface area contributed by atoms with Crippen LogP contribution in [0.3, 0.4) is 0 Å². The van der Waals surface area contributed by atoms with Gasteiger partial charge >= 0.3 is 0 Å². The number of rotatable bonds is 1. The zero-order valence-electron chi connectivity index (χ0n) is 7.61. The van der Waals surface area contributed by atoms with Crippen LogP contribution in [0.25, 0.3) is 0 Å². The lowest BCUT2D eigenvalue weighted by molar-refractivity contribution is 0.100. The van der Waals surface area contributed by atoms with Gasteiger partial charge in [-0.05, 0) is 25.7 Å². The number of piperidine rings is 1. The maximum Gasteiger partial charge on any atom is 0.281 e. The summed E-state index contributed by atoms with van der Waals surface area (Å²) in [6.07, 6.45) is 3.71. The second-order valence-corrected chi connectivity index (χ2v) is 5.05. The van der Waals surface area contributed by atoms with Gasteiger partial charge in [-0.2, -0.15) is 0 Å². The van der Waals surface area contributed by atoms with Crippen LogP contribution in [0.1, 0.15) is 25.7 Å². The summed E-state index contributed by atoms with van der Waals surface area (Å²) < 4.78 is 0. The van der Waals surface area contributed by atoms with Crippen molar-refractivity contribution < 1.29 is 9.90 Å². The van der Waals surface area contributed by atoms with Crippen molar-refractivity contribution in [2.75, 3.05) is 13.1 Å². The highest BCUT2D eigenvalue weighted by Gasteiger charge is 2.29. The molecule has 4 heteroatoms. The Labute approximate surface area is 82.5 Å². The molecule has 2 fully saturated rings. The highest BCUT2D eigenvalue weighted by Crippen LogP contribution is 2.35. The number of amides is 1. The molecule has 2 aliphatic rings. The molecule has 1 N–H and O–H groups in total. The fourth-order valence-electron chi connectivity index (χ4n) is 1.45. The summed E-state index contributed by atoms with van der Waals surface area (Å²) in [5.41, 5.74) is 0. The third kappa shape index (κ3) is 2.61. The maximum absolute atomic E-state index is 11.6. The van der Waals surface area contributed by atoms with E-state index in [0.29, 0.717) is 5.25 Å². The van der Waals surface area contributed by atoms with E-state index in [9.17, 15) is 9.90 Å². The maximum atomic E-state index is 11.6. The number of likely N-dealkylation sites (tertiary alicyclic amines) is 1. The Balaban J connectivity index is 1.75. The number of hydrogen-bond donors (Lipinski definition) is 1. The number of aliphatic hydroxyl groups excluding tert-OH is 1. The van der Waals surface area contributed by atoms with Crippen molar-refractivity contribution in [2.24, 2.45) is 0 Å². The molecule has 1 saturated heterocycles. The first-order valence-electron chi connectivity index (χ1n) is 4.89. The number of carbonyl (C=O) groups is 1. The molecule has 74 valence electrons. The van der Waals surface area contributed by atoms with Crippen LogP contribution >= 0.6 is 11.8 Å². The van der Waals surface area contributed by atoms with E-state index in [1.807, 2.05) is 4.90 Å². The van der Waals surface area contributed by atoms with Gasteiger partial charge in [0.25, 0.3) is 5.24 Å². The Morgan fingerprint density at radius 2 is 1.85 bits per heavy atom. The monoisotopic (exact) mass is 201 g/mol. The van der Waals surface area contributed by atoms with Crippen molar-refractivity contribution >= 4 is 17.0 Å². The van der Waals surface area contributed by atoms with Gasteiger partial charge in [-0.3, -0.25) is 4.79 Å². The van der Waals surface area contributed by atoms with Crippen molar-refractivity contribution in [3.63, 3.8) is 0 Å². The lowest BCUT2D eigenvalue weighted by atomic mass is 10.1. The van der Waals surface area contributed by atoms with Crippen molar-refractivity contribution in [3.05, 3.63) is 0 Å². The summed E-state index contributed by atoms with van der Waals surface area (Å²) in [5.74, 6) is 0. The second kappa shape index (κ2) is 3.88. The van der Waals surface area contributed by atoms with E-state index < -0.39 is 0 Å². The van der Waals surface area contributed by atoms with Gasteiger partial charge in [0.2, 0.25) is 0 Å². The number of carbonyl (C=O) groups excluding carboxylic acids is 1. The highest BCUT2D eigenvalue weighted by atomic mass is 32.2. The number of aliphatic hydroxyl groups is 1. The fraction of sp³-hybridized carbons (Fsp3) is 0.889. The topological polar surface area (TPSA) is 40.5 Å². The molecule has 1 amide bonds. The first-order chi connectivity index (χ1) is 6.25. The predicted octanol–water partition coefficient (Wildman–Crippen LogP) is 1.46. The Hall–Kier alpha value is -0.220. The lowest BCUT2D eigenvalue weighted by Crippen LogP contribution is -2.38. The summed E-state index contributed by atoms with van der Waals surface area (Å²) >= 11 is 1.48. The molecule has 3 nitrogen and oxygen atoms in total. The summed E-state index contributed by atoms with van der Waals surface area (Å²) in [6.45, 7) is 1.47. The molecular weight excluding hydrogens is 186 g/mol. The van der Waals surface area contributed by atoms with Crippen LogP contribution in [0, 0.1) is 0 Å². The Kier molecular flexibility index (Phi) is 2.79. The minimum Gasteiger partial charge on any atom is -0.393 e. The highest BCUT2D eigenvalue weighted by molar-refractivity contribution is 8.14. The van der Waals surface area contributed by atoms with Gasteiger partial charge in [-0.1, -0.05) is 11.8 Å². The molecule has 0 unspecified atom stereocenters. The minimum atomic E-state index is -0.185. The molecule has 0 aromatic heterocycles. The molecule has 2 rings (SSSR count). The van der Waals surface area contributed by atoms with Gasteiger partial charge in [-0.25, -0.2) is 0 Å². The summed E-state index contributed by atoms with van der Waals surface area (Å²) in [6, 6.07) is 0. The molecule has 0 atom stereocenters. The smallest absolute Gasteiger partial charge is 0.281 e. The predicted molar refractivity (Wildman–Crippen MR) is 52.8 cm³/mol. The average molecular weight is 201 g/mol. The first-order valence-corrected chi connectivity index (χ1v) is 5.77. The fourth-order valence-corrected chi connectivity index (χ4v) is 2.44. The molecule has 0 spiro atoms. The van der Waals surface area contributed by atoms with Gasteiger partial charge in [0.05, 0.1) is 6.10 Å². The quantitative estimate of drug-likeness (QED) is 0.698. The molecular formula is C9H15NO2S. The van der Waals surface area contributed by atoms with Crippen LogP contribution in [0.4, 0.5) is 4.79 Å². The van der Waals surface area contributed by atoms with E-state index >= 15 is 0 Å². The van der Waals surface area contributed by atoms with Gasteiger partial charge in [0, 0.05) is 18.3 Å². The largest absolute Gasteiger partial charge is 0.393 e. The van der Waals surface area contributed by atoms with Gasteiger partial charge in [0.1, 0.15) is 0 Å². The molecule has 1 heterocycles. The van der Waals surface area contributed by atoms with E-state index in [0.717, 1.165) is 25.9 Å². The van der Waals surface area contributed by atoms with Crippen molar-refractivity contribution in [3.8, 4) is 0 Å². The molecule has 0 radical (unpaired) electrons. The van der Waals surface area contributed by atoms with Crippen LogP contribution in [-0.2, 0) is 0 Å². The van der Waals surface area contributed by atoms with Crippen LogP contribution in [0.15, 0.2) is 0 Å². The van der Waals surface area contributed by atoms with Crippen LogP contribution < -0.4 is 0 Å². The lowest BCUT2D eigenvalue weighted by Gasteiger charge is -2.29. The van der Waals surface area contributed by atoms with E-state index in [1.165, 1.54) is 24.6 Å². The summed E-state index contributed by atoms with van der Waals surface area (Å²) in [4.78, 5) is 13.4. The van der Waals surface area contributed by atoms with E-state index in [2.05, 4.69) is 0 Å². The summed E-state index contributed by atoms with van der Waals surface area (Å²) in [5, 5.41) is 10.1. The van der Waals surface area contributed by atoms with E-state index in [-0.39, 0.29) is 11.3 Å². The third-order valence-corrected chi connectivity index (χ3v) is 3.78. The van der Waals surface area contributed by atoms with Gasteiger partial charge < -0.3 is 10.0 Å². The van der Waals surface area contributed by atoms with E-state index in [1.54, 1.807) is 0 Å². The Morgan fingerprint density at radius 1 is 1.23 bits per heavy atom. The van der Waals surface area contributed by atoms with Crippen molar-refractivity contribution in [1.82, 2.24) is 4.90 Å². The average Bonchev–Trinajstić information content (AvgIpc) is 2.89. The van der Waals surface area contributed by atoms with E-state index in [4.69, 9.17) is 0 Å². The Bertz CT molecular complexity index is 198. The summed E-state index contributed by atoms with van der Waals surface area (Å²) in [7, 11) is 0. The zero-order valence-corrected chi connectivity index (χ0v) is 8.42. The standard InChI is InChI=1S/C9H15NO2S/c11-7-3-5-10(6-4-7)9(12)13-8-1-2-8/h7-8,11H,1-6H2. The number of hydrogen-bond acceptors (Lipinski definition) is 3. The SMILES string of the molecule is O=C(SC1CC1)N1CCC(O)CC1. The molecule has 0 aromatic rings. The second-order valence-electron chi connectivity index (χ2n) is 3.80. The molecule has 1 aliphatic carbocycles. The molecule has 1 aliphatic heterocycles. The van der Waals surface area contributed by atoms with Crippen molar-refractivity contribution in [2.45, 2.75) is 37.0 Å². The molecule has 0 bridgehead atoms. The number of nitrogens with zero attached hydrogens (tertiary/aromatic N) is 1. The Morgan fingerprint density at radius 3 is 2.38 bits per heavy atom. The van der Waals surface area contributed by atoms with Crippen LogP contribution in [-0.4, -0.2) is 39.7 Å². The zero-order chi connectivity index (χ0) is 9.26. The minimum absolute atomic E-state index is 0.185. The normalized spacial score (nSPS) is 24.8. The van der Waals surface area contributed by atoms with Crippen LogP contribution in [0.5, 0.6) is 0 Å². The first kappa shape index (κ1) is 9.34. The molecule has 0 aromatic carbocycles. The van der Waals surface area contributed by atoms with Crippen LogP contribution in [0.2, 0.25) is 0 Å². The van der Waals surface area contributed by atoms with Crippen molar-refractivity contribution in [1.29, 1.82) is 0 Å².